The lowest BCUT2D eigenvalue weighted by atomic mass is 9.84. The van der Waals surface area contributed by atoms with Crippen molar-refractivity contribution in [2.45, 2.75) is 40.5 Å². The Balaban J connectivity index is 3.31. The summed E-state index contributed by atoms with van der Waals surface area (Å²) in [7, 11) is 0. The van der Waals surface area contributed by atoms with E-state index in [1.54, 1.807) is 0 Å². The average molecular weight is 220 g/mol. The molecule has 0 amide bonds. The zero-order valence-corrected chi connectivity index (χ0v) is 10.7. The molecule has 1 atom stereocenters. The van der Waals surface area contributed by atoms with E-state index in [1.165, 1.54) is 11.1 Å². The van der Waals surface area contributed by atoms with Crippen molar-refractivity contribution in [3.63, 3.8) is 0 Å². The van der Waals surface area contributed by atoms with Gasteiger partial charge in [0, 0.05) is 0 Å². The highest BCUT2D eigenvalue weighted by Gasteiger charge is 2.25. The van der Waals surface area contributed by atoms with Crippen molar-refractivity contribution in [1.82, 2.24) is 0 Å². The Hall–Kier alpha value is -1.31. The summed E-state index contributed by atoms with van der Waals surface area (Å²) in [5.41, 5.74) is 4.48. The van der Waals surface area contributed by atoms with Crippen LogP contribution in [0.3, 0.4) is 0 Å². The third-order valence-corrected chi connectivity index (χ3v) is 3.37. The van der Waals surface area contributed by atoms with E-state index in [4.69, 9.17) is 0 Å². The first-order valence-corrected chi connectivity index (χ1v) is 5.65. The van der Waals surface area contributed by atoms with Gasteiger partial charge in [-0.15, -0.1) is 0 Å². The van der Waals surface area contributed by atoms with Crippen LogP contribution in [0.2, 0.25) is 0 Å². The maximum atomic E-state index is 11.3. The number of carboxylic acid groups (broad SMARTS) is 1. The van der Waals surface area contributed by atoms with E-state index in [0.29, 0.717) is 0 Å². The Bertz CT molecular complexity index is 405. The summed E-state index contributed by atoms with van der Waals surface area (Å²) < 4.78 is 0. The molecule has 1 aromatic rings. The number of hydrogen-bond acceptors (Lipinski definition) is 1. The molecule has 16 heavy (non-hydrogen) atoms. The highest BCUT2D eigenvalue weighted by atomic mass is 16.4. The molecule has 0 spiro atoms. The fourth-order valence-electron chi connectivity index (χ4n) is 2.09. The van der Waals surface area contributed by atoms with E-state index in [9.17, 15) is 9.90 Å². The van der Waals surface area contributed by atoms with E-state index < -0.39 is 11.9 Å². The quantitative estimate of drug-likeness (QED) is 0.847. The fraction of sp³-hybridized carbons (Fsp3) is 0.500. The van der Waals surface area contributed by atoms with Crippen LogP contribution >= 0.6 is 0 Å². The molecule has 2 nitrogen and oxygen atoms in total. The molecule has 1 N–H and O–H groups in total. The first-order valence-electron chi connectivity index (χ1n) is 5.65. The smallest absolute Gasteiger partial charge is 0.311 e. The molecule has 0 aliphatic rings. The second-order valence-corrected chi connectivity index (χ2v) is 4.78. The van der Waals surface area contributed by atoms with Crippen LogP contribution in [0.1, 0.15) is 42.0 Å². The van der Waals surface area contributed by atoms with Gasteiger partial charge >= 0.3 is 5.97 Å². The summed E-state index contributed by atoms with van der Waals surface area (Å²) >= 11 is 0. The van der Waals surface area contributed by atoms with Gasteiger partial charge in [0.2, 0.25) is 0 Å². The van der Waals surface area contributed by atoms with E-state index in [-0.39, 0.29) is 5.92 Å². The van der Waals surface area contributed by atoms with Crippen molar-refractivity contribution in [3.8, 4) is 0 Å². The monoisotopic (exact) mass is 220 g/mol. The SMILES string of the molecule is Cc1ccc(C(C(=O)O)C(C)C)c(C)c1C. The maximum Gasteiger partial charge on any atom is 0.311 e. The van der Waals surface area contributed by atoms with Crippen molar-refractivity contribution in [2.24, 2.45) is 5.92 Å². The van der Waals surface area contributed by atoms with Crippen LogP contribution in [-0.2, 0) is 4.79 Å². The first kappa shape index (κ1) is 12.8. The standard InChI is InChI=1S/C14H20O2/c1-8(2)13(14(15)16)12-7-6-9(3)10(4)11(12)5/h6-8,13H,1-5H3,(H,15,16). The predicted molar refractivity (Wildman–Crippen MR) is 65.9 cm³/mol. The van der Waals surface area contributed by atoms with Gasteiger partial charge in [0.15, 0.2) is 0 Å². The molecule has 0 bridgehead atoms. The van der Waals surface area contributed by atoms with Crippen molar-refractivity contribution in [1.29, 1.82) is 0 Å². The second-order valence-electron chi connectivity index (χ2n) is 4.78. The summed E-state index contributed by atoms with van der Waals surface area (Å²) in [6.07, 6.45) is 0. The molecular weight excluding hydrogens is 200 g/mol. The van der Waals surface area contributed by atoms with Gasteiger partial charge in [-0.25, -0.2) is 0 Å². The zero-order valence-electron chi connectivity index (χ0n) is 10.7. The van der Waals surface area contributed by atoms with Gasteiger partial charge in [-0.1, -0.05) is 26.0 Å². The molecule has 0 radical (unpaired) electrons. The van der Waals surface area contributed by atoms with Crippen molar-refractivity contribution in [3.05, 3.63) is 34.4 Å². The second kappa shape index (κ2) is 4.69. The Kier molecular flexibility index (Phi) is 3.74. The Morgan fingerprint density at radius 1 is 1.12 bits per heavy atom. The first-order chi connectivity index (χ1) is 7.36. The van der Waals surface area contributed by atoms with E-state index in [2.05, 4.69) is 6.92 Å². The van der Waals surface area contributed by atoms with Gasteiger partial charge in [-0.05, 0) is 48.9 Å². The highest BCUT2D eigenvalue weighted by molar-refractivity contribution is 5.77. The minimum atomic E-state index is -0.735. The molecule has 2 heteroatoms. The number of rotatable bonds is 3. The molecule has 0 aromatic heterocycles. The molecule has 0 aliphatic carbocycles. The predicted octanol–water partition coefficient (Wildman–Crippen LogP) is 3.44. The maximum absolute atomic E-state index is 11.3. The van der Waals surface area contributed by atoms with Crippen LogP contribution in [-0.4, -0.2) is 11.1 Å². The molecular formula is C14H20O2. The number of hydrogen-bond donors (Lipinski definition) is 1. The summed E-state index contributed by atoms with van der Waals surface area (Å²) in [6.45, 7) is 10.0. The third-order valence-electron chi connectivity index (χ3n) is 3.37. The molecule has 0 heterocycles. The minimum absolute atomic E-state index is 0.110. The van der Waals surface area contributed by atoms with E-state index in [1.807, 2.05) is 39.8 Å². The molecule has 0 saturated carbocycles. The van der Waals surface area contributed by atoms with Gasteiger partial charge in [0.25, 0.3) is 0 Å². The van der Waals surface area contributed by atoms with Crippen molar-refractivity contribution >= 4 is 5.97 Å². The van der Waals surface area contributed by atoms with Crippen LogP contribution in [0.5, 0.6) is 0 Å². The minimum Gasteiger partial charge on any atom is -0.481 e. The van der Waals surface area contributed by atoms with Crippen LogP contribution in [0.25, 0.3) is 0 Å². The van der Waals surface area contributed by atoms with Gasteiger partial charge in [-0.2, -0.15) is 0 Å². The van der Waals surface area contributed by atoms with Gasteiger partial charge < -0.3 is 5.11 Å². The third kappa shape index (κ3) is 2.26. The molecule has 1 unspecified atom stereocenters. The van der Waals surface area contributed by atoms with E-state index in [0.717, 1.165) is 11.1 Å². The number of aliphatic carboxylic acids is 1. The van der Waals surface area contributed by atoms with Crippen LogP contribution in [0.15, 0.2) is 12.1 Å². The largest absolute Gasteiger partial charge is 0.481 e. The molecule has 0 saturated heterocycles. The number of carbonyl (C=O) groups is 1. The highest BCUT2D eigenvalue weighted by Crippen LogP contribution is 2.30. The molecule has 0 fully saturated rings. The summed E-state index contributed by atoms with van der Waals surface area (Å²) in [5, 5.41) is 9.28. The van der Waals surface area contributed by atoms with Crippen molar-refractivity contribution < 1.29 is 9.90 Å². The zero-order chi connectivity index (χ0) is 12.5. The van der Waals surface area contributed by atoms with Crippen LogP contribution in [0, 0.1) is 26.7 Å². The lowest BCUT2D eigenvalue weighted by Crippen LogP contribution is -2.19. The Morgan fingerprint density at radius 2 is 1.69 bits per heavy atom. The van der Waals surface area contributed by atoms with Crippen LogP contribution in [0.4, 0.5) is 0 Å². The molecule has 88 valence electrons. The summed E-state index contributed by atoms with van der Waals surface area (Å²) in [5.74, 6) is -1.03. The Morgan fingerprint density at radius 3 is 2.12 bits per heavy atom. The summed E-state index contributed by atoms with van der Waals surface area (Å²) in [6, 6.07) is 3.96. The van der Waals surface area contributed by atoms with Gasteiger partial charge in [0.05, 0.1) is 5.92 Å². The van der Waals surface area contributed by atoms with Gasteiger partial charge in [0.1, 0.15) is 0 Å². The Labute approximate surface area is 97.3 Å². The lowest BCUT2D eigenvalue weighted by molar-refractivity contribution is -0.139. The number of aryl methyl sites for hydroxylation is 1. The average Bonchev–Trinajstić information content (AvgIpc) is 2.17. The molecule has 1 rings (SSSR count). The summed E-state index contributed by atoms with van der Waals surface area (Å²) in [4.78, 5) is 11.3. The van der Waals surface area contributed by atoms with Crippen LogP contribution < -0.4 is 0 Å². The lowest BCUT2D eigenvalue weighted by Gasteiger charge is -2.20. The number of carboxylic acids is 1. The normalized spacial score (nSPS) is 12.9. The van der Waals surface area contributed by atoms with Crippen molar-refractivity contribution in [2.75, 3.05) is 0 Å². The van der Waals surface area contributed by atoms with E-state index >= 15 is 0 Å². The number of benzene rings is 1. The van der Waals surface area contributed by atoms with Gasteiger partial charge in [-0.3, -0.25) is 4.79 Å². The molecule has 1 aromatic carbocycles. The fourth-order valence-corrected chi connectivity index (χ4v) is 2.09. The molecule has 0 aliphatic heterocycles. The topological polar surface area (TPSA) is 37.3 Å².